The number of hydrogen-bond donors (Lipinski definition) is 2. The van der Waals surface area contributed by atoms with Gasteiger partial charge in [0, 0.05) is 25.4 Å². The molecule has 9 heteroatoms. The van der Waals surface area contributed by atoms with E-state index < -0.39 is 21.9 Å². The van der Waals surface area contributed by atoms with Gasteiger partial charge in [0.15, 0.2) is 0 Å². The van der Waals surface area contributed by atoms with Gasteiger partial charge >= 0.3 is 0 Å². The van der Waals surface area contributed by atoms with Gasteiger partial charge < -0.3 is 5.11 Å². The Bertz CT molecular complexity index is 764. The molecular formula is C13H15ClFN3O3S. The van der Waals surface area contributed by atoms with E-state index in [4.69, 9.17) is 11.6 Å². The molecule has 0 aliphatic heterocycles. The van der Waals surface area contributed by atoms with Crippen LogP contribution in [0.4, 0.5) is 4.39 Å². The van der Waals surface area contributed by atoms with Crippen molar-refractivity contribution in [2.75, 3.05) is 6.54 Å². The second kappa shape index (κ2) is 6.74. The summed E-state index contributed by atoms with van der Waals surface area (Å²) in [5.41, 5.74) is 0.866. The summed E-state index contributed by atoms with van der Waals surface area (Å²) in [7, 11) is -1.99. The van der Waals surface area contributed by atoms with Crippen LogP contribution in [0, 0.1) is 5.82 Å². The second-order valence-electron chi connectivity index (χ2n) is 4.82. The van der Waals surface area contributed by atoms with Crippen LogP contribution < -0.4 is 4.72 Å². The Labute approximate surface area is 132 Å². The van der Waals surface area contributed by atoms with Gasteiger partial charge in [0.1, 0.15) is 5.82 Å². The molecule has 22 heavy (non-hydrogen) atoms. The highest BCUT2D eigenvalue weighted by atomic mass is 35.5. The largest absolute Gasteiger partial charge is 0.387 e. The molecule has 0 fully saturated rings. The Kier molecular flexibility index (Phi) is 5.17. The Morgan fingerprint density at radius 1 is 1.50 bits per heavy atom. The van der Waals surface area contributed by atoms with Gasteiger partial charge in [-0.1, -0.05) is 17.7 Å². The molecule has 0 aliphatic carbocycles. The van der Waals surface area contributed by atoms with E-state index >= 15 is 0 Å². The molecule has 1 unspecified atom stereocenters. The van der Waals surface area contributed by atoms with E-state index in [0.29, 0.717) is 11.1 Å². The van der Waals surface area contributed by atoms with E-state index in [1.807, 2.05) is 0 Å². The van der Waals surface area contributed by atoms with E-state index in [0.717, 1.165) is 6.07 Å². The second-order valence-corrected chi connectivity index (χ2v) is 7.03. The van der Waals surface area contributed by atoms with Crippen molar-refractivity contribution < 1.29 is 17.9 Å². The summed E-state index contributed by atoms with van der Waals surface area (Å²) in [6.07, 6.45) is 2.05. The Hall–Kier alpha value is -1.48. The molecule has 2 N–H and O–H groups in total. The van der Waals surface area contributed by atoms with Crippen molar-refractivity contribution in [3.8, 4) is 0 Å². The number of aromatic nitrogens is 2. The van der Waals surface area contributed by atoms with Gasteiger partial charge in [-0.05, 0) is 17.7 Å². The average Bonchev–Trinajstić information content (AvgIpc) is 2.87. The van der Waals surface area contributed by atoms with Crippen LogP contribution in [0.2, 0.25) is 5.02 Å². The topological polar surface area (TPSA) is 84.2 Å². The third-order valence-electron chi connectivity index (χ3n) is 2.95. The highest BCUT2D eigenvalue weighted by molar-refractivity contribution is 7.88. The van der Waals surface area contributed by atoms with Gasteiger partial charge in [0.2, 0.25) is 10.0 Å². The smallest absolute Gasteiger partial charge is 0.215 e. The highest BCUT2D eigenvalue weighted by Crippen LogP contribution is 2.17. The Morgan fingerprint density at radius 3 is 2.82 bits per heavy atom. The fraction of sp³-hybridized carbons (Fsp3) is 0.308. The van der Waals surface area contributed by atoms with E-state index in [1.54, 1.807) is 13.2 Å². The number of halogens is 2. The maximum Gasteiger partial charge on any atom is 0.215 e. The summed E-state index contributed by atoms with van der Waals surface area (Å²) >= 11 is 5.61. The van der Waals surface area contributed by atoms with Crippen LogP contribution in [0.25, 0.3) is 0 Å². The van der Waals surface area contributed by atoms with Crippen LogP contribution in [0.15, 0.2) is 30.6 Å². The van der Waals surface area contributed by atoms with Crippen molar-refractivity contribution in [2.45, 2.75) is 11.9 Å². The lowest BCUT2D eigenvalue weighted by atomic mass is 10.2. The third-order valence-corrected chi connectivity index (χ3v) is 4.56. The van der Waals surface area contributed by atoms with Gasteiger partial charge in [-0.15, -0.1) is 0 Å². The lowest BCUT2D eigenvalue weighted by Crippen LogP contribution is -2.29. The maximum absolute atomic E-state index is 13.0. The molecule has 1 aromatic heterocycles. The molecule has 0 saturated heterocycles. The van der Waals surface area contributed by atoms with E-state index in [9.17, 15) is 17.9 Å². The molecule has 1 aromatic carbocycles. The lowest BCUT2D eigenvalue weighted by molar-refractivity contribution is 0.182. The monoisotopic (exact) mass is 347 g/mol. The minimum absolute atomic E-state index is 0.136. The number of aryl methyl sites for hydroxylation is 1. The van der Waals surface area contributed by atoms with Crippen LogP contribution in [0.3, 0.4) is 0 Å². The molecule has 0 amide bonds. The number of aliphatic hydroxyl groups is 1. The van der Waals surface area contributed by atoms with Crippen molar-refractivity contribution >= 4 is 21.6 Å². The number of hydrogen-bond acceptors (Lipinski definition) is 4. The van der Waals surface area contributed by atoms with Crippen LogP contribution >= 0.6 is 11.6 Å². The van der Waals surface area contributed by atoms with Gasteiger partial charge in [-0.3, -0.25) is 4.68 Å². The van der Waals surface area contributed by atoms with E-state index in [1.165, 1.54) is 23.0 Å². The van der Waals surface area contributed by atoms with Gasteiger partial charge in [-0.2, -0.15) is 5.10 Å². The first-order chi connectivity index (χ1) is 10.3. The summed E-state index contributed by atoms with van der Waals surface area (Å²) in [6.45, 7) is -0.178. The minimum atomic E-state index is -3.68. The number of aliphatic hydroxyl groups excluding tert-OH is 1. The van der Waals surface area contributed by atoms with Crippen molar-refractivity contribution in [1.82, 2.24) is 14.5 Å². The third kappa shape index (κ3) is 4.51. The fourth-order valence-electron chi connectivity index (χ4n) is 1.84. The molecular weight excluding hydrogens is 333 g/mol. The van der Waals surface area contributed by atoms with Gasteiger partial charge in [-0.25, -0.2) is 17.5 Å². The standard InChI is InChI=1S/C13H15ClFN3O3S/c1-18-7-10(5-16-18)13(19)6-17-22(20,21)8-9-2-3-12(15)11(14)4-9/h2-5,7,13,17,19H,6,8H2,1H3. The van der Waals surface area contributed by atoms with Crippen molar-refractivity contribution in [3.63, 3.8) is 0 Å². The summed E-state index contributed by atoms with van der Waals surface area (Å²) in [4.78, 5) is 0. The van der Waals surface area contributed by atoms with Crippen molar-refractivity contribution in [3.05, 3.63) is 52.6 Å². The molecule has 2 rings (SSSR count). The first-order valence-electron chi connectivity index (χ1n) is 6.35. The number of nitrogens with one attached hydrogen (secondary N) is 1. The molecule has 1 heterocycles. The quantitative estimate of drug-likeness (QED) is 0.826. The predicted molar refractivity (Wildman–Crippen MR) is 80.2 cm³/mol. The predicted octanol–water partition coefficient (Wildman–Crippen LogP) is 1.37. The Balaban J connectivity index is 1.97. The van der Waals surface area contributed by atoms with Crippen molar-refractivity contribution in [1.29, 1.82) is 0 Å². The number of nitrogens with zero attached hydrogens (tertiary/aromatic N) is 2. The summed E-state index contributed by atoms with van der Waals surface area (Å²) in [6, 6.07) is 3.71. The lowest BCUT2D eigenvalue weighted by Gasteiger charge is -2.11. The summed E-state index contributed by atoms with van der Waals surface area (Å²) in [5, 5.41) is 13.7. The number of sulfonamides is 1. The zero-order valence-corrected chi connectivity index (χ0v) is 13.3. The molecule has 0 spiro atoms. The average molecular weight is 348 g/mol. The molecule has 6 nitrogen and oxygen atoms in total. The van der Waals surface area contributed by atoms with E-state index in [-0.39, 0.29) is 17.3 Å². The first kappa shape index (κ1) is 16.9. The van der Waals surface area contributed by atoms with Crippen molar-refractivity contribution in [2.24, 2.45) is 7.05 Å². The molecule has 2 aromatic rings. The van der Waals surface area contributed by atoms with Crippen LogP contribution in [0.5, 0.6) is 0 Å². The zero-order chi connectivity index (χ0) is 16.3. The van der Waals surface area contributed by atoms with Crippen LogP contribution in [-0.2, 0) is 22.8 Å². The molecule has 0 bridgehead atoms. The first-order valence-corrected chi connectivity index (χ1v) is 8.38. The normalized spacial score (nSPS) is 13.3. The summed E-state index contributed by atoms with van der Waals surface area (Å²) < 4.78 is 40.8. The highest BCUT2D eigenvalue weighted by Gasteiger charge is 2.16. The number of benzene rings is 1. The molecule has 1 atom stereocenters. The molecule has 0 radical (unpaired) electrons. The molecule has 0 saturated carbocycles. The maximum atomic E-state index is 13.0. The fourth-order valence-corrected chi connectivity index (χ4v) is 3.17. The molecule has 0 aliphatic rings. The summed E-state index contributed by atoms with van der Waals surface area (Å²) in [5.74, 6) is -0.963. The van der Waals surface area contributed by atoms with Crippen LogP contribution in [-0.4, -0.2) is 29.8 Å². The Morgan fingerprint density at radius 2 is 2.23 bits per heavy atom. The SMILES string of the molecule is Cn1cc(C(O)CNS(=O)(=O)Cc2ccc(F)c(Cl)c2)cn1. The van der Waals surface area contributed by atoms with Crippen LogP contribution in [0.1, 0.15) is 17.2 Å². The minimum Gasteiger partial charge on any atom is -0.387 e. The number of rotatable bonds is 6. The zero-order valence-electron chi connectivity index (χ0n) is 11.7. The van der Waals surface area contributed by atoms with E-state index in [2.05, 4.69) is 9.82 Å². The molecule has 120 valence electrons. The van der Waals surface area contributed by atoms with Gasteiger partial charge in [0.25, 0.3) is 0 Å². The van der Waals surface area contributed by atoms with Gasteiger partial charge in [0.05, 0.1) is 23.1 Å².